The lowest BCUT2D eigenvalue weighted by Crippen LogP contribution is -2.13. The van der Waals surface area contributed by atoms with Gasteiger partial charge in [-0.25, -0.2) is 0 Å². The Kier molecular flexibility index (Phi) is 5.17. The van der Waals surface area contributed by atoms with Gasteiger partial charge in [-0.2, -0.15) is 0 Å². The van der Waals surface area contributed by atoms with E-state index >= 15 is 0 Å². The fourth-order valence-corrected chi connectivity index (χ4v) is 2.85. The lowest BCUT2D eigenvalue weighted by atomic mass is 10.1. The number of nitrogens with zero attached hydrogens (tertiary/aromatic N) is 1. The molecule has 0 amide bonds. The van der Waals surface area contributed by atoms with Crippen molar-refractivity contribution in [3.63, 3.8) is 0 Å². The highest BCUT2D eigenvalue weighted by atomic mass is 35.5. The van der Waals surface area contributed by atoms with E-state index in [1.54, 1.807) is 23.9 Å². The first-order valence-electron chi connectivity index (χ1n) is 5.75. The normalized spacial score (nSPS) is 11.6. The molecule has 0 bridgehead atoms. The van der Waals surface area contributed by atoms with Gasteiger partial charge in [-0.15, -0.1) is 11.8 Å². The van der Waals surface area contributed by atoms with E-state index in [4.69, 9.17) is 34.1 Å². The highest BCUT2D eigenvalue weighted by Gasteiger charge is 2.03. The van der Waals surface area contributed by atoms with Gasteiger partial charge in [-0.1, -0.05) is 46.6 Å². The first-order chi connectivity index (χ1) is 9.60. The first kappa shape index (κ1) is 15.0. The maximum atomic E-state index is 8.67. The highest BCUT2D eigenvalue weighted by Crippen LogP contribution is 2.29. The Labute approximate surface area is 131 Å². The van der Waals surface area contributed by atoms with E-state index in [1.807, 2.05) is 30.3 Å². The van der Waals surface area contributed by atoms with Crippen LogP contribution in [-0.4, -0.2) is 11.0 Å². The van der Waals surface area contributed by atoms with Gasteiger partial charge < -0.3 is 10.9 Å². The fourth-order valence-electron chi connectivity index (χ4n) is 1.61. The smallest absolute Gasteiger partial charge is 0.170 e. The summed E-state index contributed by atoms with van der Waals surface area (Å²) in [5, 5.41) is 12.8. The Bertz CT molecular complexity index is 647. The molecule has 3 N–H and O–H groups in total. The summed E-state index contributed by atoms with van der Waals surface area (Å²) < 4.78 is 0. The number of hydrogen-bond acceptors (Lipinski definition) is 3. The summed E-state index contributed by atoms with van der Waals surface area (Å²) >= 11 is 13.5. The van der Waals surface area contributed by atoms with Crippen LogP contribution in [0, 0.1) is 0 Å². The minimum Gasteiger partial charge on any atom is -0.409 e. The summed E-state index contributed by atoms with van der Waals surface area (Å²) in [4.78, 5) is 1.04. The van der Waals surface area contributed by atoms with Crippen LogP contribution in [0.25, 0.3) is 0 Å². The van der Waals surface area contributed by atoms with Gasteiger partial charge in [0.1, 0.15) is 0 Å². The number of thioether (sulfide) groups is 1. The minimum atomic E-state index is 0.103. The topological polar surface area (TPSA) is 58.6 Å². The zero-order valence-electron chi connectivity index (χ0n) is 10.4. The van der Waals surface area contributed by atoms with Crippen LogP contribution in [0.1, 0.15) is 11.1 Å². The van der Waals surface area contributed by atoms with Crippen LogP contribution in [0.4, 0.5) is 0 Å². The van der Waals surface area contributed by atoms with Gasteiger partial charge in [0, 0.05) is 16.2 Å². The third-order valence-corrected chi connectivity index (χ3v) is 4.43. The molecule has 0 unspecified atom stereocenters. The molecule has 104 valence electrons. The Balaban J connectivity index is 2.09. The van der Waals surface area contributed by atoms with Crippen molar-refractivity contribution in [3.05, 3.63) is 63.6 Å². The molecule has 0 radical (unpaired) electrons. The largest absolute Gasteiger partial charge is 0.409 e. The van der Waals surface area contributed by atoms with Gasteiger partial charge in [-0.05, 0) is 29.8 Å². The van der Waals surface area contributed by atoms with Crippen molar-refractivity contribution in [2.45, 2.75) is 10.6 Å². The Morgan fingerprint density at radius 3 is 2.65 bits per heavy atom. The molecule has 0 spiro atoms. The standard InChI is InChI=1S/C14H12Cl2N2OS/c15-12-5-4-11(7-13(12)16)20-8-9-2-1-3-10(6-9)14(17)18-19/h1-7,19H,8H2,(H2,17,18). The maximum Gasteiger partial charge on any atom is 0.170 e. The van der Waals surface area contributed by atoms with Gasteiger partial charge in [0.05, 0.1) is 10.0 Å². The average molecular weight is 327 g/mol. The van der Waals surface area contributed by atoms with E-state index in [1.165, 1.54) is 0 Å². The second-order valence-corrected chi connectivity index (χ2v) is 5.91. The van der Waals surface area contributed by atoms with Crippen LogP contribution in [-0.2, 0) is 5.75 Å². The monoisotopic (exact) mass is 326 g/mol. The van der Waals surface area contributed by atoms with Gasteiger partial charge in [0.2, 0.25) is 0 Å². The summed E-state index contributed by atoms with van der Waals surface area (Å²) in [5.41, 5.74) is 7.34. The third-order valence-electron chi connectivity index (χ3n) is 2.63. The van der Waals surface area contributed by atoms with Crippen molar-refractivity contribution in [1.82, 2.24) is 0 Å². The Morgan fingerprint density at radius 1 is 1.15 bits per heavy atom. The van der Waals surface area contributed by atoms with Crippen LogP contribution in [0.15, 0.2) is 52.5 Å². The number of benzene rings is 2. The van der Waals surface area contributed by atoms with Gasteiger partial charge in [-0.3, -0.25) is 0 Å². The van der Waals surface area contributed by atoms with E-state index in [9.17, 15) is 0 Å². The van der Waals surface area contributed by atoms with Crippen LogP contribution in [0.5, 0.6) is 0 Å². The molecular weight excluding hydrogens is 315 g/mol. The number of halogens is 2. The molecule has 2 aromatic carbocycles. The molecule has 0 aliphatic heterocycles. The lowest BCUT2D eigenvalue weighted by molar-refractivity contribution is 0.318. The zero-order chi connectivity index (χ0) is 14.5. The fraction of sp³-hybridized carbons (Fsp3) is 0.0714. The summed E-state index contributed by atoms with van der Waals surface area (Å²) in [6.07, 6.45) is 0. The van der Waals surface area contributed by atoms with Crippen molar-refractivity contribution in [3.8, 4) is 0 Å². The molecule has 0 saturated carbocycles. The van der Waals surface area contributed by atoms with Gasteiger partial charge >= 0.3 is 0 Å². The van der Waals surface area contributed by atoms with Crippen molar-refractivity contribution >= 4 is 40.8 Å². The highest BCUT2D eigenvalue weighted by molar-refractivity contribution is 7.98. The summed E-state index contributed by atoms with van der Waals surface area (Å²) in [6, 6.07) is 13.1. The van der Waals surface area contributed by atoms with E-state index in [2.05, 4.69) is 5.16 Å². The Morgan fingerprint density at radius 2 is 1.95 bits per heavy atom. The lowest BCUT2D eigenvalue weighted by Gasteiger charge is -2.05. The molecule has 3 nitrogen and oxygen atoms in total. The average Bonchev–Trinajstić information content (AvgIpc) is 2.48. The molecule has 0 heterocycles. The number of hydrogen-bond donors (Lipinski definition) is 2. The maximum absolute atomic E-state index is 8.67. The number of nitrogens with two attached hydrogens (primary N) is 1. The summed E-state index contributed by atoms with van der Waals surface area (Å²) in [6.45, 7) is 0. The molecular formula is C14H12Cl2N2OS. The number of rotatable bonds is 4. The van der Waals surface area contributed by atoms with Gasteiger partial charge in [0.25, 0.3) is 0 Å². The third kappa shape index (κ3) is 3.82. The van der Waals surface area contributed by atoms with E-state index in [0.717, 1.165) is 16.2 Å². The molecule has 0 aliphatic rings. The molecule has 6 heteroatoms. The van der Waals surface area contributed by atoms with Crippen molar-refractivity contribution in [2.24, 2.45) is 10.9 Å². The van der Waals surface area contributed by atoms with E-state index < -0.39 is 0 Å². The quantitative estimate of drug-likeness (QED) is 0.288. The van der Waals surface area contributed by atoms with Crippen LogP contribution in [0.3, 0.4) is 0 Å². The van der Waals surface area contributed by atoms with E-state index in [-0.39, 0.29) is 5.84 Å². The zero-order valence-corrected chi connectivity index (χ0v) is 12.7. The molecule has 0 aliphatic carbocycles. The molecule has 0 fully saturated rings. The first-order valence-corrected chi connectivity index (χ1v) is 7.49. The SMILES string of the molecule is NC(=NO)c1cccc(CSc2ccc(Cl)c(Cl)c2)c1. The molecule has 20 heavy (non-hydrogen) atoms. The molecule has 0 atom stereocenters. The van der Waals surface area contributed by atoms with Crippen LogP contribution >= 0.6 is 35.0 Å². The second-order valence-electron chi connectivity index (χ2n) is 4.05. The molecule has 2 rings (SSSR count). The van der Waals surface area contributed by atoms with Crippen molar-refractivity contribution < 1.29 is 5.21 Å². The predicted octanol–water partition coefficient (Wildman–Crippen LogP) is 4.38. The second kappa shape index (κ2) is 6.88. The minimum absolute atomic E-state index is 0.103. The molecule has 0 aromatic heterocycles. The number of oxime groups is 1. The van der Waals surface area contributed by atoms with Crippen LogP contribution in [0.2, 0.25) is 10.0 Å². The van der Waals surface area contributed by atoms with Crippen molar-refractivity contribution in [1.29, 1.82) is 0 Å². The van der Waals surface area contributed by atoms with Crippen molar-refractivity contribution in [2.75, 3.05) is 0 Å². The summed E-state index contributed by atoms with van der Waals surface area (Å²) in [5.74, 6) is 0.858. The Hall–Kier alpha value is -1.36. The number of amidine groups is 1. The summed E-state index contributed by atoms with van der Waals surface area (Å²) in [7, 11) is 0. The molecule has 0 saturated heterocycles. The predicted molar refractivity (Wildman–Crippen MR) is 85.0 cm³/mol. The van der Waals surface area contributed by atoms with Gasteiger partial charge in [0.15, 0.2) is 5.84 Å². The molecule has 2 aromatic rings. The van der Waals surface area contributed by atoms with Crippen LogP contribution < -0.4 is 5.73 Å². The van der Waals surface area contributed by atoms with E-state index in [0.29, 0.717) is 15.6 Å².